The monoisotopic (exact) mass is 350 g/mol. The first-order valence-electron chi connectivity index (χ1n) is 5.89. The molecule has 1 fully saturated rings. The zero-order valence-electron chi connectivity index (χ0n) is 11.2. The number of imide groups is 1. The highest BCUT2D eigenvalue weighted by Gasteiger charge is 2.47. The van der Waals surface area contributed by atoms with Crippen molar-refractivity contribution in [2.45, 2.75) is 24.3 Å². The van der Waals surface area contributed by atoms with Crippen molar-refractivity contribution in [2.24, 2.45) is 0 Å². The van der Waals surface area contributed by atoms with Crippen molar-refractivity contribution in [3.63, 3.8) is 0 Å². The van der Waals surface area contributed by atoms with Crippen molar-refractivity contribution in [1.82, 2.24) is 9.62 Å². The van der Waals surface area contributed by atoms with Crippen LogP contribution in [-0.4, -0.2) is 36.6 Å². The largest absolute Gasteiger partial charge is 0.294 e. The van der Waals surface area contributed by atoms with E-state index in [4.69, 9.17) is 23.2 Å². The molecular formula is C12H12Cl2N2O4S. The Bertz CT molecular complexity index is 731. The first-order valence-corrected chi connectivity index (χ1v) is 8.08. The van der Waals surface area contributed by atoms with Gasteiger partial charge < -0.3 is 0 Å². The van der Waals surface area contributed by atoms with E-state index in [-0.39, 0.29) is 14.9 Å². The third-order valence-corrected chi connectivity index (χ3v) is 5.95. The van der Waals surface area contributed by atoms with Gasteiger partial charge in [-0.05, 0) is 32.0 Å². The summed E-state index contributed by atoms with van der Waals surface area (Å²) in [6, 6.07) is 3.80. The van der Waals surface area contributed by atoms with Gasteiger partial charge in [-0.15, -0.1) is 0 Å². The van der Waals surface area contributed by atoms with Crippen molar-refractivity contribution >= 4 is 45.0 Å². The van der Waals surface area contributed by atoms with Crippen LogP contribution in [0.15, 0.2) is 23.1 Å². The Morgan fingerprint density at radius 1 is 1.19 bits per heavy atom. The molecule has 1 heterocycles. The highest BCUT2D eigenvalue weighted by Crippen LogP contribution is 2.30. The molecule has 0 bridgehead atoms. The molecule has 1 saturated heterocycles. The minimum atomic E-state index is -4.07. The predicted octanol–water partition coefficient (Wildman–Crippen LogP) is 1.42. The molecule has 21 heavy (non-hydrogen) atoms. The molecule has 6 nitrogen and oxygen atoms in total. The summed E-state index contributed by atoms with van der Waals surface area (Å²) in [5.41, 5.74) is -1.39. The molecule has 1 N–H and O–H groups in total. The molecule has 0 saturated carbocycles. The van der Waals surface area contributed by atoms with Gasteiger partial charge in [-0.3, -0.25) is 14.9 Å². The average molecular weight is 351 g/mol. The van der Waals surface area contributed by atoms with E-state index in [2.05, 4.69) is 5.32 Å². The number of benzene rings is 1. The van der Waals surface area contributed by atoms with E-state index in [1.807, 2.05) is 0 Å². The smallest absolute Gasteiger partial charge is 0.247 e. The number of hydrogen-bond acceptors (Lipinski definition) is 4. The number of nitrogens with one attached hydrogen (secondary N) is 1. The second-order valence-corrected chi connectivity index (χ2v) is 7.70. The van der Waals surface area contributed by atoms with Gasteiger partial charge in [0.25, 0.3) is 0 Å². The summed E-state index contributed by atoms with van der Waals surface area (Å²) in [6.07, 6.45) is 0. The van der Waals surface area contributed by atoms with Crippen molar-refractivity contribution in [2.75, 3.05) is 6.54 Å². The fourth-order valence-electron chi connectivity index (χ4n) is 1.91. The number of nitrogens with zero attached hydrogens (tertiary/aromatic N) is 1. The minimum Gasteiger partial charge on any atom is -0.294 e. The average Bonchev–Trinajstić information content (AvgIpc) is 2.37. The highest BCUT2D eigenvalue weighted by atomic mass is 35.5. The van der Waals surface area contributed by atoms with Crippen molar-refractivity contribution < 1.29 is 18.0 Å². The summed E-state index contributed by atoms with van der Waals surface area (Å²) < 4.78 is 26.1. The van der Waals surface area contributed by atoms with E-state index in [1.165, 1.54) is 32.0 Å². The van der Waals surface area contributed by atoms with E-state index < -0.39 is 33.9 Å². The Hall–Kier alpha value is -1.15. The third kappa shape index (κ3) is 2.78. The summed E-state index contributed by atoms with van der Waals surface area (Å²) in [4.78, 5) is 23.2. The van der Waals surface area contributed by atoms with Gasteiger partial charge in [-0.1, -0.05) is 23.2 Å². The zero-order chi connectivity index (χ0) is 16.0. The standard InChI is InChI=1S/C12H12Cl2N2O4S/c1-12(2)11(18)15-10(17)6-16(12)21(19,20)7-3-4-8(13)9(14)5-7/h3-5H,6H2,1-2H3,(H,15,17,18). The van der Waals surface area contributed by atoms with Crippen molar-refractivity contribution in [3.8, 4) is 0 Å². The molecule has 114 valence electrons. The molecule has 1 aliphatic rings. The van der Waals surface area contributed by atoms with Gasteiger partial charge in [0.2, 0.25) is 21.8 Å². The molecule has 0 radical (unpaired) electrons. The number of halogens is 2. The van der Waals surface area contributed by atoms with E-state index in [0.29, 0.717) is 0 Å². The Morgan fingerprint density at radius 3 is 2.38 bits per heavy atom. The van der Waals surface area contributed by atoms with Gasteiger partial charge >= 0.3 is 0 Å². The van der Waals surface area contributed by atoms with Crippen LogP contribution in [0.2, 0.25) is 10.0 Å². The molecular weight excluding hydrogens is 339 g/mol. The Morgan fingerprint density at radius 2 is 1.81 bits per heavy atom. The zero-order valence-corrected chi connectivity index (χ0v) is 13.5. The van der Waals surface area contributed by atoms with Crippen molar-refractivity contribution in [3.05, 3.63) is 28.2 Å². The lowest BCUT2D eigenvalue weighted by Crippen LogP contribution is -2.65. The molecule has 0 aliphatic carbocycles. The maximum atomic E-state index is 12.6. The molecule has 0 atom stereocenters. The van der Waals surface area contributed by atoms with Crippen LogP contribution in [-0.2, 0) is 19.6 Å². The van der Waals surface area contributed by atoms with Crippen LogP contribution in [0.1, 0.15) is 13.8 Å². The molecule has 2 rings (SSSR count). The quantitative estimate of drug-likeness (QED) is 0.817. The Balaban J connectivity index is 2.53. The van der Waals surface area contributed by atoms with Gasteiger partial charge in [-0.25, -0.2) is 8.42 Å². The SMILES string of the molecule is CC1(C)C(=O)NC(=O)CN1S(=O)(=O)c1ccc(Cl)c(Cl)c1. The minimum absolute atomic E-state index is 0.0725. The van der Waals surface area contributed by atoms with E-state index in [1.54, 1.807) is 0 Å². The molecule has 1 aromatic carbocycles. The normalized spacial score (nSPS) is 19.4. The Labute approximate surface area is 132 Å². The lowest BCUT2D eigenvalue weighted by molar-refractivity contribution is -0.141. The topological polar surface area (TPSA) is 83.6 Å². The summed E-state index contributed by atoms with van der Waals surface area (Å²) in [6.45, 7) is 2.40. The number of carbonyl (C=O) groups is 2. The van der Waals surface area contributed by atoms with Gasteiger partial charge in [-0.2, -0.15) is 4.31 Å². The van der Waals surface area contributed by atoms with Gasteiger partial charge in [0, 0.05) is 0 Å². The molecule has 0 unspecified atom stereocenters. The fraction of sp³-hybridized carbons (Fsp3) is 0.333. The van der Waals surface area contributed by atoms with E-state index >= 15 is 0 Å². The number of rotatable bonds is 2. The number of amides is 2. The molecule has 0 spiro atoms. The number of hydrogen-bond donors (Lipinski definition) is 1. The lowest BCUT2D eigenvalue weighted by atomic mass is 10.0. The number of carbonyl (C=O) groups excluding carboxylic acids is 2. The Kier molecular flexibility index (Phi) is 4.05. The van der Waals surface area contributed by atoms with Crippen molar-refractivity contribution in [1.29, 1.82) is 0 Å². The number of piperazine rings is 1. The van der Waals surface area contributed by atoms with Gasteiger partial charge in [0.05, 0.1) is 21.5 Å². The first kappa shape index (κ1) is 16.2. The van der Waals surface area contributed by atoms with E-state index in [0.717, 1.165) is 4.31 Å². The van der Waals surface area contributed by atoms with Crippen LogP contribution in [0.25, 0.3) is 0 Å². The highest BCUT2D eigenvalue weighted by molar-refractivity contribution is 7.89. The van der Waals surface area contributed by atoms with Crippen LogP contribution in [0, 0.1) is 0 Å². The maximum absolute atomic E-state index is 12.6. The third-order valence-electron chi connectivity index (χ3n) is 3.20. The van der Waals surface area contributed by atoms with Crippen LogP contribution in [0.5, 0.6) is 0 Å². The van der Waals surface area contributed by atoms with Gasteiger partial charge in [0.1, 0.15) is 5.54 Å². The molecule has 9 heteroatoms. The molecule has 2 amide bonds. The predicted molar refractivity (Wildman–Crippen MR) is 77.6 cm³/mol. The van der Waals surface area contributed by atoms with Crippen LogP contribution in [0.4, 0.5) is 0 Å². The van der Waals surface area contributed by atoms with Gasteiger partial charge in [0.15, 0.2) is 0 Å². The van der Waals surface area contributed by atoms with E-state index in [9.17, 15) is 18.0 Å². The first-order chi connectivity index (χ1) is 9.56. The second-order valence-electron chi connectivity index (χ2n) is 5.02. The summed E-state index contributed by atoms with van der Waals surface area (Å²) in [5.74, 6) is -1.36. The summed E-state index contributed by atoms with van der Waals surface area (Å²) in [7, 11) is -4.07. The van der Waals surface area contributed by atoms with Crippen LogP contribution < -0.4 is 5.32 Å². The maximum Gasteiger partial charge on any atom is 0.247 e. The fourth-order valence-corrected chi connectivity index (χ4v) is 4.01. The molecule has 0 aromatic heterocycles. The summed E-state index contributed by atoms with van der Waals surface area (Å²) >= 11 is 11.6. The number of sulfonamides is 1. The van der Waals surface area contributed by atoms with Crippen LogP contribution in [0.3, 0.4) is 0 Å². The van der Waals surface area contributed by atoms with Crippen LogP contribution >= 0.6 is 23.2 Å². The lowest BCUT2D eigenvalue weighted by Gasteiger charge is -2.38. The second kappa shape index (κ2) is 5.24. The molecule has 1 aromatic rings. The summed E-state index contributed by atoms with van der Waals surface area (Å²) in [5, 5.41) is 2.40. The molecule has 1 aliphatic heterocycles.